The predicted octanol–water partition coefficient (Wildman–Crippen LogP) is 1.97. The minimum atomic E-state index is -3.74. The monoisotopic (exact) mass is 411 g/mol. The molecular formula is C19H25NO5S2. The average Bonchev–Trinajstić information content (AvgIpc) is 3.28. The molecule has 148 valence electrons. The van der Waals surface area contributed by atoms with Crippen LogP contribution in [-0.4, -0.2) is 57.9 Å². The van der Waals surface area contributed by atoms with Gasteiger partial charge in [-0.15, -0.1) is 0 Å². The van der Waals surface area contributed by atoms with E-state index in [1.807, 2.05) is 24.3 Å². The second kappa shape index (κ2) is 7.31. The third kappa shape index (κ3) is 3.99. The molecule has 6 nitrogen and oxygen atoms in total. The number of sulfonamides is 1. The summed E-state index contributed by atoms with van der Waals surface area (Å²) in [7, 11) is -6.92. The second-order valence-corrected chi connectivity index (χ2v) is 11.7. The SMILES string of the molecule is O=S1(=O)CC[C@H](N(C[C@H]2CCCO2)S(=O)(=O)C2=Cc3ccccc3CC2)C1. The Bertz CT molecular complexity index is 946. The Morgan fingerprint density at radius 1 is 1.15 bits per heavy atom. The Hall–Kier alpha value is -1.22. The summed E-state index contributed by atoms with van der Waals surface area (Å²) in [6.07, 6.45) is 4.81. The fourth-order valence-corrected chi connectivity index (χ4v) is 7.89. The van der Waals surface area contributed by atoms with E-state index in [-0.39, 0.29) is 24.2 Å². The highest BCUT2D eigenvalue weighted by Gasteiger charge is 2.41. The molecule has 2 heterocycles. The molecule has 0 saturated carbocycles. The van der Waals surface area contributed by atoms with Crippen molar-refractivity contribution in [2.45, 2.75) is 44.2 Å². The Morgan fingerprint density at radius 2 is 1.96 bits per heavy atom. The molecule has 3 aliphatic rings. The first-order valence-corrected chi connectivity index (χ1v) is 12.7. The van der Waals surface area contributed by atoms with Crippen LogP contribution >= 0.6 is 0 Å². The van der Waals surface area contributed by atoms with Crippen molar-refractivity contribution < 1.29 is 21.6 Å². The summed E-state index contributed by atoms with van der Waals surface area (Å²) in [6.45, 7) is 0.874. The van der Waals surface area contributed by atoms with E-state index < -0.39 is 25.9 Å². The lowest BCUT2D eigenvalue weighted by Crippen LogP contribution is -2.45. The van der Waals surface area contributed by atoms with Crippen molar-refractivity contribution in [1.29, 1.82) is 0 Å². The lowest BCUT2D eigenvalue weighted by atomic mass is 9.98. The zero-order valence-electron chi connectivity index (χ0n) is 15.2. The van der Waals surface area contributed by atoms with Crippen LogP contribution in [0.25, 0.3) is 6.08 Å². The summed E-state index contributed by atoms with van der Waals surface area (Å²) in [4.78, 5) is 0.378. The summed E-state index contributed by atoms with van der Waals surface area (Å²) in [5.74, 6) is -0.0418. The smallest absolute Gasteiger partial charge is 0.239 e. The summed E-state index contributed by atoms with van der Waals surface area (Å²) in [5, 5.41) is 0. The number of sulfone groups is 1. The van der Waals surface area contributed by atoms with Crippen LogP contribution in [0.2, 0.25) is 0 Å². The molecule has 2 fully saturated rings. The van der Waals surface area contributed by atoms with Crippen molar-refractivity contribution in [3.63, 3.8) is 0 Å². The van der Waals surface area contributed by atoms with Crippen LogP contribution in [0.1, 0.15) is 36.8 Å². The van der Waals surface area contributed by atoms with Crippen LogP contribution in [0.5, 0.6) is 0 Å². The molecule has 1 aromatic rings. The minimum Gasteiger partial charge on any atom is -0.377 e. The molecular weight excluding hydrogens is 386 g/mol. The van der Waals surface area contributed by atoms with Crippen molar-refractivity contribution in [2.24, 2.45) is 0 Å². The largest absolute Gasteiger partial charge is 0.377 e. The van der Waals surface area contributed by atoms with E-state index in [1.54, 1.807) is 6.08 Å². The molecule has 0 spiro atoms. The summed E-state index contributed by atoms with van der Waals surface area (Å²) >= 11 is 0. The molecule has 2 aliphatic heterocycles. The number of benzene rings is 1. The quantitative estimate of drug-likeness (QED) is 0.740. The van der Waals surface area contributed by atoms with Crippen LogP contribution in [-0.2, 0) is 31.0 Å². The maximum Gasteiger partial charge on any atom is 0.239 e. The van der Waals surface area contributed by atoms with E-state index in [1.165, 1.54) is 4.31 Å². The number of hydrogen-bond acceptors (Lipinski definition) is 5. The first-order chi connectivity index (χ1) is 12.9. The lowest BCUT2D eigenvalue weighted by Gasteiger charge is -2.31. The van der Waals surface area contributed by atoms with Gasteiger partial charge in [0.2, 0.25) is 10.0 Å². The number of fused-ring (bicyclic) bond motifs is 1. The topological polar surface area (TPSA) is 80.8 Å². The maximum absolute atomic E-state index is 13.5. The molecule has 0 unspecified atom stereocenters. The second-order valence-electron chi connectivity index (χ2n) is 7.58. The highest BCUT2D eigenvalue weighted by molar-refractivity contribution is 7.93. The van der Waals surface area contributed by atoms with Gasteiger partial charge in [0.15, 0.2) is 9.84 Å². The highest BCUT2D eigenvalue weighted by atomic mass is 32.2. The molecule has 27 heavy (non-hydrogen) atoms. The maximum atomic E-state index is 13.5. The standard InChI is InChI=1S/C19H25NO5S2/c21-26(22)11-9-17(14-26)20(13-18-6-3-10-25-18)27(23,24)19-8-7-15-4-1-2-5-16(15)12-19/h1-2,4-5,12,17-18H,3,6-11,13-14H2/t17-,18+/m0/s1. The zero-order chi connectivity index (χ0) is 19.1. The average molecular weight is 412 g/mol. The van der Waals surface area contributed by atoms with Gasteiger partial charge in [-0.05, 0) is 49.3 Å². The van der Waals surface area contributed by atoms with Gasteiger partial charge in [0.05, 0.1) is 22.5 Å². The lowest BCUT2D eigenvalue weighted by molar-refractivity contribution is 0.0879. The molecule has 8 heteroatoms. The summed E-state index contributed by atoms with van der Waals surface area (Å²) < 4.78 is 58.0. The van der Waals surface area contributed by atoms with Crippen LogP contribution in [0.4, 0.5) is 0 Å². The predicted molar refractivity (Wildman–Crippen MR) is 104 cm³/mol. The van der Waals surface area contributed by atoms with Gasteiger partial charge in [0.1, 0.15) is 0 Å². The number of nitrogens with zero attached hydrogens (tertiary/aromatic N) is 1. The molecule has 0 N–H and O–H groups in total. The van der Waals surface area contributed by atoms with Crippen LogP contribution in [0, 0.1) is 0 Å². The Balaban J connectivity index is 1.67. The van der Waals surface area contributed by atoms with Gasteiger partial charge >= 0.3 is 0 Å². The number of ether oxygens (including phenoxy) is 1. The van der Waals surface area contributed by atoms with Crippen molar-refractivity contribution in [1.82, 2.24) is 4.31 Å². The fourth-order valence-electron chi connectivity index (χ4n) is 4.20. The number of allylic oxidation sites excluding steroid dienone is 1. The van der Waals surface area contributed by atoms with Crippen molar-refractivity contribution >= 4 is 25.9 Å². The highest BCUT2D eigenvalue weighted by Crippen LogP contribution is 2.32. The first kappa shape index (κ1) is 19.1. The molecule has 1 aliphatic carbocycles. The van der Waals surface area contributed by atoms with Gasteiger partial charge < -0.3 is 4.74 Å². The van der Waals surface area contributed by atoms with E-state index in [0.29, 0.717) is 30.8 Å². The first-order valence-electron chi connectivity index (χ1n) is 9.47. The van der Waals surface area contributed by atoms with Gasteiger partial charge in [0.25, 0.3) is 0 Å². The molecule has 1 aromatic carbocycles. The van der Waals surface area contributed by atoms with Gasteiger partial charge in [-0.3, -0.25) is 0 Å². The Kier molecular flexibility index (Phi) is 5.18. The van der Waals surface area contributed by atoms with E-state index in [2.05, 4.69) is 0 Å². The molecule has 0 bridgehead atoms. The zero-order valence-corrected chi connectivity index (χ0v) is 16.8. The molecule has 4 rings (SSSR count). The van der Waals surface area contributed by atoms with Crippen molar-refractivity contribution in [3.05, 3.63) is 40.3 Å². The number of rotatable bonds is 5. The normalized spacial score (nSPS) is 27.5. The fraction of sp³-hybridized carbons (Fsp3) is 0.579. The van der Waals surface area contributed by atoms with E-state index in [0.717, 1.165) is 24.0 Å². The summed E-state index contributed by atoms with van der Waals surface area (Å²) in [5.41, 5.74) is 2.07. The molecule has 0 amide bonds. The third-order valence-electron chi connectivity index (χ3n) is 5.68. The van der Waals surface area contributed by atoms with Crippen LogP contribution in [0.15, 0.2) is 29.2 Å². The molecule has 2 atom stereocenters. The van der Waals surface area contributed by atoms with Crippen LogP contribution in [0.3, 0.4) is 0 Å². The minimum absolute atomic E-state index is 0.0527. The number of hydrogen-bond donors (Lipinski definition) is 0. The van der Waals surface area contributed by atoms with Crippen LogP contribution < -0.4 is 0 Å². The van der Waals surface area contributed by atoms with Gasteiger partial charge in [-0.25, -0.2) is 16.8 Å². The van der Waals surface area contributed by atoms with Gasteiger partial charge in [0, 0.05) is 19.2 Å². The Labute approximate surface area is 161 Å². The Morgan fingerprint density at radius 3 is 2.67 bits per heavy atom. The number of aryl methyl sites for hydroxylation is 1. The molecule has 0 radical (unpaired) electrons. The third-order valence-corrected chi connectivity index (χ3v) is 9.48. The van der Waals surface area contributed by atoms with Gasteiger partial charge in [-0.2, -0.15) is 4.31 Å². The van der Waals surface area contributed by atoms with Gasteiger partial charge in [-0.1, -0.05) is 24.3 Å². The van der Waals surface area contributed by atoms with E-state index >= 15 is 0 Å². The van der Waals surface area contributed by atoms with E-state index in [9.17, 15) is 16.8 Å². The van der Waals surface area contributed by atoms with Crippen molar-refractivity contribution in [2.75, 3.05) is 24.7 Å². The molecule has 0 aromatic heterocycles. The van der Waals surface area contributed by atoms with E-state index in [4.69, 9.17) is 4.74 Å². The molecule has 2 saturated heterocycles. The summed E-state index contributed by atoms with van der Waals surface area (Å²) in [6, 6.07) is 7.30. The van der Waals surface area contributed by atoms with Crippen molar-refractivity contribution in [3.8, 4) is 0 Å².